The summed E-state index contributed by atoms with van der Waals surface area (Å²) in [6.07, 6.45) is 0. The normalized spacial score (nSPS) is 13.9. The topological polar surface area (TPSA) is 118 Å². The maximum Gasteiger partial charge on any atom is 0.294 e. The number of anilines is 1. The van der Waals surface area contributed by atoms with Gasteiger partial charge in [0.25, 0.3) is 10.1 Å². The molecule has 0 amide bonds. The molecular formula is C6H7NO5S2. The summed E-state index contributed by atoms with van der Waals surface area (Å²) in [6, 6.07) is 3.01. The summed E-state index contributed by atoms with van der Waals surface area (Å²) in [6.45, 7) is 0. The minimum Gasteiger partial charge on any atom is -0.399 e. The second-order valence-electron chi connectivity index (χ2n) is 2.46. The molecule has 0 heterocycles. The quantitative estimate of drug-likeness (QED) is 0.381. The van der Waals surface area contributed by atoms with Crippen molar-refractivity contribution in [3.05, 3.63) is 18.2 Å². The van der Waals surface area contributed by atoms with Crippen LogP contribution < -0.4 is 5.73 Å². The Bertz CT molecular complexity index is 481. The molecule has 0 aromatic heterocycles. The van der Waals surface area contributed by atoms with E-state index in [2.05, 4.69) is 0 Å². The Hall–Kier alpha value is -0.960. The Morgan fingerprint density at radius 1 is 1.29 bits per heavy atom. The summed E-state index contributed by atoms with van der Waals surface area (Å²) < 4.78 is 49.3. The summed E-state index contributed by atoms with van der Waals surface area (Å²) in [5, 5.41) is 0. The van der Waals surface area contributed by atoms with E-state index in [1.54, 1.807) is 0 Å². The minimum atomic E-state index is -4.41. The van der Waals surface area contributed by atoms with Gasteiger partial charge in [-0.3, -0.25) is 4.55 Å². The zero-order valence-electron chi connectivity index (χ0n) is 6.75. The fourth-order valence-electron chi connectivity index (χ4n) is 0.843. The first-order valence-electron chi connectivity index (χ1n) is 3.29. The molecule has 8 heteroatoms. The van der Waals surface area contributed by atoms with Gasteiger partial charge in [0.1, 0.15) is 0 Å². The third-order valence-electron chi connectivity index (χ3n) is 1.40. The molecule has 0 radical (unpaired) electrons. The number of rotatable bonds is 2. The van der Waals surface area contributed by atoms with Crippen molar-refractivity contribution in [2.24, 2.45) is 0 Å². The lowest BCUT2D eigenvalue weighted by Crippen LogP contribution is -2.01. The van der Waals surface area contributed by atoms with Gasteiger partial charge in [-0.15, -0.1) is 0 Å². The van der Waals surface area contributed by atoms with E-state index in [4.69, 9.17) is 14.8 Å². The first-order valence-corrected chi connectivity index (χ1v) is 5.84. The molecule has 6 nitrogen and oxygen atoms in total. The van der Waals surface area contributed by atoms with Crippen molar-refractivity contribution in [2.75, 3.05) is 5.73 Å². The molecule has 0 aliphatic carbocycles. The highest BCUT2D eigenvalue weighted by atomic mass is 32.2. The van der Waals surface area contributed by atoms with Crippen LogP contribution in [0.3, 0.4) is 0 Å². The lowest BCUT2D eigenvalue weighted by Gasteiger charge is -2.01. The van der Waals surface area contributed by atoms with Gasteiger partial charge in [0.2, 0.25) is 0 Å². The maximum atomic E-state index is 10.7. The maximum absolute atomic E-state index is 10.7. The van der Waals surface area contributed by atoms with E-state index in [1.165, 1.54) is 0 Å². The highest BCUT2D eigenvalue weighted by Crippen LogP contribution is 2.18. The molecule has 0 aliphatic rings. The van der Waals surface area contributed by atoms with Crippen LogP contribution >= 0.6 is 0 Å². The Labute approximate surface area is 82.8 Å². The van der Waals surface area contributed by atoms with Crippen LogP contribution in [0.15, 0.2) is 28.0 Å². The Morgan fingerprint density at radius 2 is 1.86 bits per heavy atom. The predicted octanol–water partition coefficient (Wildman–Crippen LogP) is 0.0961. The minimum absolute atomic E-state index is 0.0162. The van der Waals surface area contributed by atoms with Gasteiger partial charge in [0.15, 0.2) is 11.1 Å². The standard InChI is InChI=1S/C6H7NO5S2/c7-4-1-5(13(8)9)3-6(2-4)14(10,11)12/h1-3H,7H2,(H,8,9)(H,10,11,12). The highest BCUT2D eigenvalue weighted by Gasteiger charge is 2.13. The van der Waals surface area contributed by atoms with Crippen LogP contribution in [0.25, 0.3) is 0 Å². The van der Waals surface area contributed by atoms with Crippen LogP contribution in [0.1, 0.15) is 0 Å². The Kier molecular flexibility index (Phi) is 2.90. The van der Waals surface area contributed by atoms with Crippen molar-refractivity contribution in [1.29, 1.82) is 0 Å². The molecule has 0 bridgehead atoms. The fraction of sp³-hybridized carbons (Fsp3) is 0. The van der Waals surface area contributed by atoms with Gasteiger partial charge in [-0.25, -0.2) is 4.21 Å². The van der Waals surface area contributed by atoms with Crippen molar-refractivity contribution in [3.8, 4) is 0 Å². The first kappa shape index (κ1) is 11.1. The molecular weight excluding hydrogens is 230 g/mol. The monoisotopic (exact) mass is 237 g/mol. The lowest BCUT2D eigenvalue weighted by atomic mass is 10.3. The molecule has 1 aromatic rings. The van der Waals surface area contributed by atoms with E-state index in [0.29, 0.717) is 0 Å². The average Bonchev–Trinajstić information content (AvgIpc) is 2.01. The van der Waals surface area contributed by atoms with Gasteiger partial charge < -0.3 is 10.3 Å². The van der Waals surface area contributed by atoms with Crippen molar-refractivity contribution >= 4 is 26.9 Å². The molecule has 0 saturated heterocycles. The second-order valence-corrected chi connectivity index (χ2v) is 4.85. The number of nitrogen functional groups attached to an aromatic ring is 1. The molecule has 14 heavy (non-hydrogen) atoms. The largest absolute Gasteiger partial charge is 0.399 e. The van der Waals surface area contributed by atoms with Crippen LogP contribution in [0.2, 0.25) is 0 Å². The molecule has 1 unspecified atom stereocenters. The predicted molar refractivity (Wildman–Crippen MR) is 49.7 cm³/mol. The number of hydrogen-bond donors (Lipinski definition) is 3. The molecule has 0 saturated carbocycles. The first-order chi connectivity index (χ1) is 6.30. The number of hydrogen-bond acceptors (Lipinski definition) is 4. The van der Waals surface area contributed by atoms with E-state index in [1.807, 2.05) is 0 Å². The summed E-state index contributed by atoms with van der Waals surface area (Å²) in [7, 11) is -4.41. The van der Waals surface area contributed by atoms with Crippen molar-refractivity contribution < 1.29 is 21.7 Å². The zero-order valence-corrected chi connectivity index (χ0v) is 8.38. The van der Waals surface area contributed by atoms with E-state index < -0.39 is 26.1 Å². The molecule has 78 valence electrons. The number of benzene rings is 1. The molecule has 1 aromatic carbocycles. The average molecular weight is 237 g/mol. The summed E-state index contributed by atoms with van der Waals surface area (Å²) in [4.78, 5) is -0.687. The summed E-state index contributed by atoms with van der Waals surface area (Å²) >= 11 is -2.34. The van der Waals surface area contributed by atoms with Gasteiger partial charge in [-0.2, -0.15) is 8.42 Å². The third-order valence-corrected chi connectivity index (χ3v) is 2.87. The summed E-state index contributed by atoms with van der Waals surface area (Å²) in [5.41, 5.74) is 5.26. The second kappa shape index (κ2) is 3.65. The van der Waals surface area contributed by atoms with Gasteiger partial charge in [-0.1, -0.05) is 0 Å². The Balaban J connectivity index is 3.43. The molecule has 0 aliphatic heterocycles. The lowest BCUT2D eigenvalue weighted by molar-refractivity contribution is 0.483. The molecule has 4 N–H and O–H groups in total. The van der Waals surface area contributed by atoms with E-state index in [9.17, 15) is 12.6 Å². The van der Waals surface area contributed by atoms with Crippen LogP contribution in [0, 0.1) is 0 Å². The molecule has 1 atom stereocenters. The highest BCUT2D eigenvalue weighted by molar-refractivity contribution is 7.86. The van der Waals surface area contributed by atoms with Crippen LogP contribution in [-0.4, -0.2) is 21.7 Å². The van der Waals surface area contributed by atoms with Gasteiger partial charge in [0.05, 0.1) is 9.79 Å². The van der Waals surface area contributed by atoms with Crippen LogP contribution in [0.4, 0.5) is 5.69 Å². The molecule has 0 fully saturated rings. The van der Waals surface area contributed by atoms with Crippen LogP contribution in [0.5, 0.6) is 0 Å². The molecule has 1 rings (SSSR count). The van der Waals surface area contributed by atoms with Crippen molar-refractivity contribution in [1.82, 2.24) is 0 Å². The van der Waals surface area contributed by atoms with Crippen LogP contribution in [-0.2, 0) is 21.2 Å². The van der Waals surface area contributed by atoms with Crippen molar-refractivity contribution in [3.63, 3.8) is 0 Å². The third kappa shape index (κ3) is 2.51. The van der Waals surface area contributed by atoms with Crippen molar-refractivity contribution in [2.45, 2.75) is 9.79 Å². The summed E-state index contributed by atoms with van der Waals surface area (Å²) in [5.74, 6) is 0. The van der Waals surface area contributed by atoms with Gasteiger partial charge >= 0.3 is 0 Å². The fourth-order valence-corrected chi connectivity index (χ4v) is 1.94. The molecule has 0 spiro atoms. The zero-order chi connectivity index (χ0) is 10.9. The SMILES string of the molecule is Nc1cc(S(=O)O)cc(S(=O)(=O)O)c1. The van der Waals surface area contributed by atoms with E-state index in [-0.39, 0.29) is 10.6 Å². The van der Waals surface area contributed by atoms with Gasteiger partial charge in [-0.05, 0) is 18.2 Å². The smallest absolute Gasteiger partial charge is 0.294 e. The van der Waals surface area contributed by atoms with Gasteiger partial charge in [0, 0.05) is 5.69 Å². The van der Waals surface area contributed by atoms with E-state index in [0.717, 1.165) is 18.2 Å². The number of nitrogens with two attached hydrogens (primary N) is 1. The Morgan fingerprint density at radius 3 is 2.29 bits per heavy atom. The van der Waals surface area contributed by atoms with E-state index >= 15 is 0 Å².